The summed E-state index contributed by atoms with van der Waals surface area (Å²) >= 11 is 0. The molecule has 2 rings (SSSR count). The molecule has 1 amide bonds. The lowest BCUT2D eigenvalue weighted by Crippen LogP contribution is -2.44. The molecule has 1 saturated carbocycles. The highest BCUT2D eigenvalue weighted by molar-refractivity contribution is 5.68. The standard InChI is InChI=1S/C18H26N4O2/c1-18(2,3)24-17(23)20-15-9-10-16(21-22-19)14(12-15)11-13-7-5-4-6-8-13/h4-8,14-16H,9-12H2,1-3H3,(H,20,23)/t14-,15+,16+/m0/s1. The fourth-order valence-corrected chi connectivity index (χ4v) is 3.21. The van der Waals surface area contributed by atoms with E-state index in [1.54, 1.807) is 0 Å². The number of ether oxygens (including phenoxy) is 1. The first-order valence-corrected chi connectivity index (χ1v) is 8.45. The second-order valence-electron chi connectivity index (χ2n) is 7.38. The quantitative estimate of drug-likeness (QED) is 0.497. The van der Waals surface area contributed by atoms with Crippen molar-refractivity contribution in [3.63, 3.8) is 0 Å². The summed E-state index contributed by atoms with van der Waals surface area (Å²) in [5.74, 6) is 0.219. The summed E-state index contributed by atoms with van der Waals surface area (Å²) in [6.45, 7) is 5.55. The first-order chi connectivity index (χ1) is 11.4. The number of carbonyl (C=O) groups excluding carboxylic acids is 1. The minimum atomic E-state index is -0.504. The molecule has 24 heavy (non-hydrogen) atoms. The van der Waals surface area contributed by atoms with E-state index in [-0.39, 0.29) is 24.1 Å². The maximum Gasteiger partial charge on any atom is 0.407 e. The molecule has 0 unspecified atom stereocenters. The molecule has 1 aromatic rings. The van der Waals surface area contributed by atoms with Gasteiger partial charge in [0.25, 0.3) is 0 Å². The van der Waals surface area contributed by atoms with Crippen molar-refractivity contribution in [2.75, 3.05) is 0 Å². The Morgan fingerprint density at radius 3 is 2.67 bits per heavy atom. The maximum absolute atomic E-state index is 12.0. The molecule has 0 saturated heterocycles. The molecule has 1 fully saturated rings. The van der Waals surface area contributed by atoms with E-state index in [1.165, 1.54) is 5.56 Å². The van der Waals surface area contributed by atoms with Crippen LogP contribution >= 0.6 is 0 Å². The zero-order valence-electron chi connectivity index (χ0n) is 14.6. The summed E-state index contributed by atoms with van der Waals surface area (Å²) in [7, 11) is 0. The Morgan fingerprint density at radius 2 is 2.04 bits per heavy atom. The largest absolute Gasteiger partial charge is 0.444 e. The molecule has 0 bridgehead atoms. The summed E-state index contributed by atoms with van der Waals surface area (Å²) in [5.41, 5.74) is 9.53. The molecule has 0 spiro atoms. The van der Waals surface area contributed by atoms with E-state index in [0.29, 0.717) is 0 Å². The molecule has 6 nitrogen and oxygen atoms in total. The third-order valence-electron chi connectivity index (χ3n) is 4.20. The van der Waals surface area contributed by atoms with Gasteiger partial charge in [-0.1, -0.05) is 35.4 Å². The topological polar surface area (TPSA) is 87.1 Å². The van der Waals surface area contributed by atoms with Crippen LogP contribution in [0.25, 0.3) is 10.4 Å². The molecule has 130 valence electrons. The van der Waals surface area contributed by atoms with E-state index in [9.17, 15) is 4.79 Å². The number of nitrogens with zero attached hydrogens (tertiary/aromatic N) is 3. The SMILES string of the molecule is CC(C)(C)OC(=O)N[C@@H]1CC[C@@H](N=[N+]=[N-])[C@@H](Cc2ccccc2)C1. The van der Waals surface area contributed by atoms with Gasteiger partial charge < -0.3 is 10.1 Å². The van der Waals surface area contributed by atoms with E-state index < -0.39 is 5.60 Å². The number of hydrogen-bond acceptors (Lipinski definition) is 3. The van der Waals surface area contributed by atoms with Crippen molar-refractivity contribution in [2.24, 2.45) is 11.0 Å². The highest BCUT2D eigenvalue weighted by Crippen LogP contribution is 2.30. The van der Waals surface area contributed by atoms with E-state index >= 15 is 0 Å². The second-order valence-corrected chi connectivity index (χ2v) is 7.38. The van der Waals surface area contributed by atoms with Gasteiger partial charge in [0, 0.05) is 17.0 Å². The lowest BCUT2D eigenvalue weighted by Gasteiger charge is -2.34. The molecule has 6 heteroatoms. The van der Waals surface area contributed by atoms with E-state index in [2.05, 4.69) is 27.5 Å². The number of amides is 1. The molecule has 1 aromatic carbocycles. The fourth-order valence-electron chi connectivity index (χ4n) is 3.21. The van der Waals surface area contributed by atoms with Crippen LogP contribution in [0.1, 0.15) is 45.6 Å². The Kier molecular flexibility index (Phi) is 6.10. The van der Waals surface area contributed by atoms with Crippen molar-refractivity contribution in [3.05, 3.63) is 46.3 Å². The second kappa shape index (κ2) is 8.06. The Hall–Kier alpha value is -2.20. The number of alkyl carbamates (subject to hydrolysis) is 1. The predicted octanol–water partition coefficient (Wildman–Crippen LogP) is 4.60. The van der Waals surface area contributed by atoms with Gasteiger partial charge in [0.15, 0.2) is 0 Å². The van der Waals surface area contributed by atoms with Crippen LogP contribution in [0.5, 0.6) is 0 Å². The molecule has 3 atom stereocenters. The van der Waals surface area contributed by atoms with Gasteiger partial charge in [-0.3, -0.25) is 0 Å². The highest BCUT2D eigenvalue weighted by Gasteiger charge is 2.31. The minimum absolute atomic E-state index is 0.0214. The average molecular weight is 330 g/mol. The molecule has 0 aromatic heterocycles. The molecule has 1 aliphatic carbocycles. The summed E-state index contributed by atoms with van der Waals surface area (Å²) in [6.07, 6.45) is 2.83. The van der Waals surface area contributed by atoms with Gasteiger partial charge >= 0.3 is 6.09 Å². The number of benzene rings is 1. The Bertz CT molecular complexity index is 591. The Morgan fingerprint density at radius 1 is 1.33 bits per heavy atom. The number of rotatable bonds is 4. The summed E-state index contributed by atoms with van der Waals surface area (Å²) in [4.78, 5) is 15.0. The molecule has 1 aliphatic rings. The van der Waals surface area contributed by atoms with Crippen LogP contribution in [0.3, 0.4) is 0 Å². The molecule has 0 radical (unpaired) electrons. The number of nitrogens with one attached hydrogen (secondary N) is 1. The zero-order valence-corrected chi connectivity index (χ0v) is 14.6. The lowest BCUT2D eigenvalue weighted by molar-refractivity contribution is 0.0481. The van der Waals surface area contributed by atoms with Gasteiger partial charge in [-0.2, -0.15) is 0 Å². The van der Waals surface area contributed by atoms with Crippen molar-refractivity contribution in [1.29, 1.82) is 0 Å². The van der Waals surface area contributed by atoms with Crippen LogP contribution in [0.4, 0.5) is 4.79 Å². The normalized spacial score (nSPS) is 23.9. The van der Waals surface area contributed by atoms with Crippen LogP contribution in [0.2, 0.25) is 0 Å². The monoisotopic (exact) mass is 330 g/mol. The molecular formula is C18H26N4O2. The number of azide groups is 1. The Labute approximate surface area is 143 Å². The van der Waals surface area contributed by atoms with Gasteiger partial charge in [-0.15, -0.1) is 0 Å². The first kappa shape index (κ1) is 18.1. The minimum Gasteiger partial charge on any atom is -0.444 e. The molecule has 1 N–H and O–H groups in total. The van der Waals surface area contributed by atoms with Crippen LogP contribution in [-0.2, 0) is 11.2 Å². The Balaban J connectivity index is 1.99. The van der Waals surface area contributed by atoms with Crippen LogP contribution in [0.15, 0.2) is 35.4 Å². The zero-order chi connectivity index (χ0) is 17.6. The average Bonchev–Trinajstić information content (AvgIpc) is 2.49. The van der Waals surface area contributed by atoms with Gasteiger partial charge in [0.05, 0.1) is 0 Å². The first-order valence-electron chi connectivity index (χ1n) is 8.45. The smallest absolute Gasteiger partial charge is 0.407 e. The van der Waals surface area contributed by atoms with Crippen molar-refractivity contribution < 1.29 is 9.53 Å². The number of carbonyl (C=O) groups is 1. The molecular weight excluding hydrogens is 304 g/mol. The molecule has 0 aliphatic heterocycles. The van der Waals surface area contributed by atoms with Gasteiger partial charge in [0.2, 0.25) is 0 Å². The lowest BCUT2D eigenvalue weighted by atomic mass is 9.78. The van der Waals surface area contributed by atoms with Gasteiger partial charge in [-0.05, 0) is 63.5 Å². The third kappa shape index (κ3) is 5.78. The fraction of sp³-hybridized carbons (Fsp3) is 0.611. The van der Waals surface area contributed by atoms with Gasteiger partial charge in [0.1, 0.15) is 5.60 Å². The van der Waals surface area contributed by atoms with Crippen molar-refractivity contribution in [2.45, 2.75) is 64.1 Å². The van der Waals surface area contributed by atoms with Gasteiger partial charge in [-0.25, -0.2) is 4.79 Å². The van der Waals surface area contributed by atoms with E-state index in [0.717, 1.165) is 25.7 Å². The van der Waals surface area contributed by atoms with Crippen molar-refractivity contribution in [3.8, 4) is 0 Å². The number of hydrogen-bond donors (Lipinski definition) is 1. The maximum atomic E-state index is 12.0. The van der Waals surface area contributed by atoms with E-state index in [1.807, 2.05) is 39.0 Å². The van der Waals surface area contributed by atoms with Crippen LogP contribution in [-0.4, -0.2) is 23.8 Å². The van der Waals surface area contributed by atoms with Crippen molar-refractivity contribution in [1.82, 2.24) is 5.32 Å². The summed E-state index contributed by atoms with van der Waals surface area (Å²) < 4.78 is 5.34. The molecule has 0 heterocycles. The van der Waals surface area contributed by atoms with E-state index in [4.69, 9.17) is 10.3 Å². The third-order valence-corrected chi connectivity index (χ3v) is 4.20. The predicted molar refractivity (Wildman–Crippen MR) is 93.6 cm³/mol. The highest BCUT2D eigenvalue weighted by atomic mass is 16.6. The van der Waals surface area contributed by atoms with Crippen molar-refractivity contribution >= 4 is 6.09 Å². The summed E-state index contributed by atoms with van der Waals surface area (Å²) in [5, 5.41) is 6.93. The van der Waals surface area contributed by atoms with Crippen LogP contribution in [0, 0.1) is 5.92 Å². The van der Waals surface area contributed by atoms with Crippen LogP contribution < -0.4 is 5.32 Å². The summed E-state index contributed by atoms with van der Waals surface area (Å²) in [6, 6.07) is 10.2.